The molecule has 2 rings (SSSR count). The minimum Gasteiger partial charge on any atom is -0.376 e. The lowest BCUT2D eigenvalue weighted by molar-refractivity contribution is 0.0944. The molecule has 0 radical (unpaired) electrons. The van der Waals surface area contributed by atoms with Crippen molar-refractivity contribution in [1.29, 1.82) is 0 Å². The van der Waals surface area contributed by atoms with Crippen LogP contribution in [-0.2, 0) is 11.3 Å². The van der Waals surface area contributed by atoms with Gasteiger partial charge in [0, 0.05) is 19.6 Å². The Morgan fingerprint density at radius 3 is 2.59 bits per heavy atom. The molecule has 0 spiro atoms. The molecule has 124 valence electrons. The second-order valence-electron chi connectivity index (χ2n) is 5.85. The van der Waals surface area contributed by atoms with E-state index in [1.54, 1.807) is 0 Å². The Bertz CT molecular complexity index is 433. The zero-order valence-electron chi connectivity index (χ0n) is 13.4. The van der Waals surface area contributed by atoms with Gasteiger partial charge in [0.2, 0.25) is 0 Å². The maximum Gasteiger partial charge on any atom is 0.191 e. The van der Waals surface area contributed by atoms with Gasteiger partial charge in [-0.3, -0.25) is 4.99 Å². The fourth-order valence-electron chi connectivity index (χ4n) is 2.48. The van der Waals surface area contributed by atoms with Crippen LogP contribution in [0, 0.1) is 5.92 Å². The average molecular weight is 417 g/mol. The number of aliphatic imine (C=N–C) groups is 1. The third kappa shape index (κ3) is 6.96. The Morgan fingerprint density at radius 2 is 1.91 bits per heavy atom. The second-order valence-corrected chi connectivity index (χ2v) is 5.85. The number of rotatable bonds is 6. The number of likely N-dealkylation sites (tertiary alicyclic amines) is 1. The van der Waals surface area contributed by atoms with Crippen LogP contribution in [0.2, 0.25) is 0 Å². The maximum absolute atomic E-state index is 6.05. The van der Waals surface area contributed by atoms with Crippen LogP contribution in [0.3, 0.4) is 0 Å². The summed E-state index contributed by atoms with van der Waals surface area (Å²) >= 11 is 0. The van der Waals surface area contributed by atoms with Gasteiger partial charge in [0.15, 0.2) is 5.96 Å². The fraction of sp³-hybridized carbons (Fsp3) is 0.588. The van der Waals surface area contributed by atoms with Crippen LogP contribution in [0.25, 0.3) is 0 Å². The van der Waals surface area contributed by atoms with E-state index < -0.39 is 0 Å². The summed E-state index contributed by atoms with van der Waals surface area (Å²) in [6, 6.07) is 10.2. The predicted octanol–water partition coefficient (Wildman–Crippen LogP) is 3.26. The summed E-state index contributed by atoms with van der Waals surface area (Å²) in [5, 5.41) is 0. The maximum atomic E-state index is 6.05. The van der Waals surface area contributed by atoms with Crippen LogP contribution in [0.5, 0.6) is 0 Å². The quantitative estimate of drug-likeness (QED) is 0.439. The van der Waals surface area contributed by atoms with E-state index in [1.807, 2.05) is 18.2 Å². The first-order valence-electron chi connectivity index (χ1n) is 7.92. The molecule has 1 aromatic carbocycles. The van der Waals surface area contributed by atoms with E-state index in [0.717, 1.165) is 19.6 Å². The van der Waals surface area contributed by atoms with Gasteiger partial charge in [-0.15, -0.1) is 24.0 Å². The molecular weight excluding hydrogens is 389 g/mol. The van der Waals surface area contributed by atoms with Crippen molar-refractivity contribution in [3.8, 4) is 0 Å². The van der Waals surface area contributed by atoms with Crippen molar-refractivity contribution < 1.29 is 4.74 Å². The number of hydrogen-bond acceptors (Lipinski definition) is 2. The van der Waals surface area contributed by atoms with Crippen LogP contribution in [0.4, 0.5) is 0 Å². The first-order chi connectivity index (χ1) is 10.3. The van der Waals surface area contributed by atoms with E-state index in [1.165, 1.54) is 24.8 Å². The molecule has 1 aliphatic rings. The smallest absolute Gasteiger partial charge is 0.191 e. The highest BCUT2D eigenvalue weighted by atomic mass is 127. The number of halogens is 1. The normalized spacial score (nSPS) is 17.0. The van der Waals surface area contributed by atoms with Crippen LogP contribution >= 0.6 is 24.0 Å². The first-order valence-corrected chi connectivity index (χ1v) is 7.92. The van der Waals surface area contributed by atoms with Crippen molar-refractivity contribution in [1.82, 2.24) is 4.90 Å². The van der Waals surface area contributed by atoms with Crippen LogP contribution < -0.4 is 5.73 Å². The van der Waals surface area contributed by atoms with Gasteiger partial charge in [0.1, 0.15) is 0 Å². The third-order valence-corrected chi connectivity index (χ3v) is 3.76. The summed E-state index contributed by atoms with van der Waals surface area (Å²) in [7, 11) is 0. The number of nitrogens with two attached hydrogens (primary N) is 1. The van der Waals surface area contributed by atoms with Gasteiger partial charge in [-0.05, 0) is 30.7 Å². The first kappa shape index (κ1) is 19.2. The molecule has 1 atom stereocenters. The molecule has 4 nitrogen and oxygen atoms in total. The van der Waals surface area contributed by atoms with E-state index >= 15 is 0 Å². The Labute approximate surface area is 151 Å². The number of guanidine groups is 1. The van der Waals surface area contributed by atoms with Crippen LogP contribution in [-0.4, -0.2) is 37.1 Å². The third-order valence-electron chi connectivity index (χ3n) is 3.76. The summed E-state index contributed by atoms with van der Waals surface area (Å²) in [5.74, 6) is 1.08. The van der Waals surface area contributed by atoms with Crippen LogP contribution in [0.15, 0.2) is 35.3 Å². The number of piperidine rings is 1. The van der Waals surface area contributed by atoms with Crippen molar-refractivity contribution in [2.24, 2.45) is 16.6 Å². The molecule has 22 heavy (non-hydrogen) atoms. The van der Waals surface area contributed by atoms with Gasteiger partial charge in [0.05, 0.1) is 13.2 Å². The summed E-state index contributed by atoms with van der Waals surface area (Å²) in [4.78, 5) is 6.71. The van der Waals surface area contributed by atoms with Crippen molar-refractivity contribution in [3.05, 3.63) is 35.9 Å². The van der Waals surface area contributed by atoms with E-state index in [-0.39, 0.29) is 24.0 Å². The lowest BCUT2D eigenvalue weighted by Gasteiger charge is -2.27. The van der Waals surface area contributed by atoms with Gasteiger partial charge >= 0.3 is 0 Å². The lowest BCUT2D eigenvalue weighted by Crippen LogP contribution is -2.41. The van der Waals surface area contributed by atoms with Crippen molar-refractivity contribution in [2.45, 2.75) is 32.8 Å². The van der Waals surface area contributed by atoms with Gasteiger partial charge in [-0.2, -0.15) is 0 Å². The van der Waals surface area contributed by atoms with E-state index in [9.17, 15) is 0 Å². The largest absolute Gasteiger partial charge is 0.376 e. The average Bonchev–Trinajstić information content (AvgIpc) is 2.54. The van der Waals surface area contributed by atoms with Crippen molar-refractivity contribution in [3.63, 3.8) is 0 Å². The summed E-state index contributed by atoms with van der Waals surface area (Å²) in [6.45, 7) is 6.36. The SMILES string of the molecule is CC(CN=C(N)N1CCCCC1)COCc1ccccc1.I. The second kappa shape index (κ2) is 10.8. The molecule has 1 aliphatic heterocycles. The predicted molar refractivity (Wildman–Crippen MR) is 103 cm³/mol. The van der Waals surface area contributed by atoms with Gasteiger partial charge < -0.3 is 15.4 Å². The number of ether oxygens (including phenoxy) is 1. The topological polar surface area (TPSA) is 50.8 Å². The minimum atomic E-state index is 0. The molecule has 0 bridgehead atoms. The molecule has 1 saturated heterocycles. The highest BCUT2D eigenvalue weighted by Gasteiger charge is 2.12. The molecule has 1 fully saturated rings. The lowest BCUT2D eigenvalue weighted by atomic mass is 10.1. The van der Waals surface area contributed by atoms with Crippen LogP contribution in [0.1, 0.15) is 31.7 Å². The number of nitrogens with zero attached hydrogens (tertiary/aromatic N) is 2. The summed E-state index contributed by atoms with van der Waals surface area (Å²) in [6.07, 6.45) is 3.77. The Kier molecular flexibility index (Phi) is 9.47. The minimum absolute atomic E-state index is 0. The number of benzene rings is 1. The molecule has 0 aromatic heterocycles. The highest BCUT2D eigenvalue weighted by molar-refractivity contribution is 14.0. The van der Waals surface area contributed by atoms with E-state index in [0.29, 0.717) is 25.1 Å². The molecule has 1 heterocycles. The molecule has 1 unspecified atom stereocenters. The van der Waals surface area contributed by atoms with Gasteiger partial charge in [0.25, 0.3) is 0 Å². The summed E-state index contributed by atoms with van der Waals surface area (Å²) in [5.41, 5.74) is 7.26. The highest BCUT2D eigenvalue weighted by Crippen LogP contribution is 2.08. The van der Waals surface area contributed by atoms with Crippen molar-refractivity contribution >= 4 is 29.9 Å². The zero-order valence-corrected chi connectivity index (χ0v) is 15.7. The number of hydrogen-bond donors (Lipinski definition) is 1. The molecule has 5 heteroatoms. The van der Waals surface area contributed by atoms with Gasteiger partial charge in [-0.25, -0.2) is 0 Å². The monoisotopic (exact) mass is 417 g/mol. The van der Waals surface area contributed by atoms with Crippen molar-refractivity contribution in [2.75, 3.05) is 26.2 Å². The molecular formula is C17H28IN3O. The molecule has 0 amide bonds. The zero-order chi connectivity index (χ0) is 14.9. The molecule has 2 N–H and O–H groups in total. The van der Waals surface area contributed by atoms with Gasteiger partial charge in [-0.1, -0.05) is 37.3 Å². The van der Waals surface area contributed by atoms with E-state index in [2.05, 4.69) is 28.9 Å². The molecule has 0 aliphatic carbocycles. The standard InChI is InChI=1S/C17H27N3O.HI/c1-15(13-21-14-16-8-4-2-5-9-16)12-19-17(18)20-10-6-3-7-11-20;/h2,4-5,8-9,15H,3,6-7,10-14H2,1H3,(H2,18,19);1H. The van der Waals surface area contributed by atoms with E-state index in [4.69, 9.17) is 10.5 Å². The molecule has 1 aromatic rings. The Morgan fingerprint density at radius 1 is 1.23 bits per heavy atom. The Balaban J connectivity index is 0.00000242. The molecule has 0 saturated carbocycles. The fourth-order valence-corrected chi connectivity index (χ4v) is 2.48. The Hall–Kier alpha value is -0.820. The summed E-state index contributed by atoms with van der Waals surface area (Å²) < 4.78 is 5.74.